The lowest BCUT2D eigenvalue weighted by atomic mass is 10.2. The maximum absolute atomic E-state index is 12.4. The fourth-order valence-corrected chi connectivity index (χ4v) is 2.69. The number of carboxylic acids is 1. The molecule has 0 fully saturated rings. The first-order chi connectivity index (χ1) is 12.4. The molecule has 1 unspecified atom stereocenters. The standard InChI is InChI=1S/C17H16BrN5O3/c1-11(23-14(17(25)26)6-8-19-23)16(24)20-15-7-9-22(21-15)10-12-2-4-13(18)5-3-12/h2-9,11H,10H2,1H3,(H,25,26)(H,20,21,24). The lowest BCUT2D eigenvalue weighted by Crippen LogP contribution is -2.27. The van der Waals surface area contributed by atoms with Crippen molar-refractivity contribution in [3.05, 3.63) is 64.5 Å². The van der Waals surface area contributed by atoms with Crippen molar-refractivity contribution in [1.82, 2.24) is 19.6 Å². The van der Waals surface area contributed by atoms with Crippen molar-refractivity contribution in [1.29, 1.82) is 0 Å². The lowest BCUT2D eigenvalue weighted by Gasteiger charge is -2.13. The highest BCUT2D eigenvalue weighted by atomic mass is 79.9. The van der Waals surface area contributed by atoms with Crippen LogP contribution in [0.4, 0.5) is 5.82 Å². The van der Waals surface area contributed by atoms with Gasteiger partial charge in [-0.05, 0) is 30.7 Å². The molecule has 3 aromatic rings. The first-order valence-corrected chi connectivity index (χ1v) is 8.59. The van der Waals surface area contributed by atoms with Crippen LogP contribution < -0.4 is 5.32 Å². The number of carbonyl (C=O) groups excluding carboxylic acids is 1. The zero-order chi connectivity index (χ0) is 18.7. The van der Waals surface area contributed by atoms with E-state index in [0.29, 0.717) is 12.4 Å². The van der Waals surface area contributed by atoms with Crippen LogP contribution in [0.15, 0.2) is 53.3 Å². The van der Waals surface area contributed by atoms with Gasteiger partial charge in [-0.25, -0.2) is 9.48 Å². The minimum atomic E-state index is -1.14. The van der Waals surface area contributed by atoms with Crippen LogP contribution in [0.2, 0.25) is 0 Å². The van der Waals surface area contributed by atoms with Crippen LogP contribution in [0, 0.1) is 0 Å². The van der Waals surface area contributed by atoms with Gasteiger partial charge in [0.15, 0.2) is 5.82 Å². The number of nitrogens with zero attached hydrogens (tertiary/aromatic N) is 4. The molecule has 134 valence electrons. The quantitative estimate of drug-likeness (QED) is 0.641. The van der Waals surface area contributed by atoms with Crippen LogP contribution in [0.25, 0.3) is 0 Å². The Hall–Kier alpha value is -2.94. The molecule has 8 nitrogen and oxygen atoms in total. The number of halogens is 1. The highest BCUT2D eigenvalue weighted by Gasteiger charge is 2.21. The molecular weight excluding hydrogens is 402 g/mol. The number of carboxylic acid groups (broad SMARTS) is 1. The number of aromatic nitrogens is 4. The molecule has 0 aliphatic carbocycles. The van der Waals surface area contributed by atoms with Gasteiger partial charge in [-0.3, -0.25) is 9.48 Å². The summed E-state index contributed by atoms with van der Waals surface area (Å²) in [6.45, 7) is 2.15. The molecule has 2 aromatic heterocycles. The van der Waals surface area contributed by atoms with Gasteiger partial charge in [-0.2, -0.15) is 10.2 Å². The summed E-state index contributed by atoms with van der Waals surface area (Å²) in [5.74, 6) is -1.14. The Morgan fingerprint density at radius 2 is 1.96 bits per heavy atom. The summed E-state index contributed by atoms with van der Waals surface area (Å²) in [6, 6.07) is 10.1. The van der Waals surface area contributed by atoms with Crippen molar-refractivity contribution in [2.45, 2.75) is 19.5 Å². The molecule has 0 saturated carbocycles. The lowest BCUT2D eigenvalue weighted by molar-refractivity contribution is -0.119. The third-order valence-electron chi connectivity index (χ3n) is 3.79. The van der Waals surface area contributed by atoms with E-state index in [1.165, 1.54) is 12.3 Å². The minimum absolute atomic E-state index is 0.0478. The maximum atomic E-state index is 12.4. The summed E-state index contributed by atoms with van der Waals surface area (Å²) in [4.78, 5) is 23.5. The molecule has 0 bridgehead atoms. The van der Waals surface area contributed by atoms with Gasteiger partial charge < -0.3 is 10.4 Å². The summed E-state index contributed by atoms with van der Waals surface area (Å²) in [5, 5.41) is 20.0. The molecule has 1 atom stereocenters. The number of amides is 1. The smallest absolute Gasteiger partial charge is 0.354 e. The van der Waals surface area contributed by atoms with E-state index in [2.05, 4.69) is 31.4 Å². The number of anilines is 1. The monoisotopic (exact) mass is 417 g/mol. The zero-order valence-corrected chi connectivity index (χ0v) is 15.4. The van der Waals surface area contributed by atoms with E-state index in [9.17, 15) is 9.59 Å². The third kappa shape index (κ3) is 3.99. The van der Waals surface area contributed by atoms with Gasteiger partial charge in [-0.15, -0.1) is 0 Å². The Balaban J connectivity index is 1.66. The van der Waals surface area contributed by atoms with E-state index >= 15 is 0 Å². The van der Waals surface area contributed by atoms with E-state index < -0.39 is 17.9 Å². The molecule has 9 heteroatoms. The molecule has 3 rings (SSSR count). The van der Waals surface area contributed by atoms with Gasteiger partial charge in [0.25, 0.3) is 0 Å². The van der Waals surface area contributed by atoms with Crippen LogP contribution in [-0.2, 0) is 11.3 Å². The van der Waals surface area contributed by atoms with Crippen LogP contribution in [-0.4, -0.2) is 36.5 Å². The zero-order valence-electron chi connectivity index (χ0n) is 13.8. The molecule has 2 heterocycles. The summed E-state index contributed by atoms with van der Waals surface area (Å²) in [6.07, 6.45) is 3.11. The van der Waals surface area contributed by atoms with Crippen molar-refractivity contribution >= 4 is 33.6 Å². The minimum Gasteiger partial charge on any atom is -0.477 e. The van der Waals surface area contributed by atoms with Gasteiger partial charge >= 0.3 is 5.97 Å². The molecule has 0 saturated heterocycles. The van der Waals surface area contributed by atoms with Crippen molar-refractivity contribution in [2.24, 2.45) is 0 Å². The number of nitrogens with one attached hydrogen (secondary N) is 1. The van der Waals surface area contributed by atoms with Crippen LogP contribution in [0.1, 0.15) is 29.0 Å². The molecule has 0 aliphatic rings. The summed E-state index contributed by atoms with van der Waals surface area (Å²) >= 11 is 3.39. The van der Waals surface area contributed by atoms with Gasteiger partial charge in [0.1, 0.15) is 11.7 Å². The van der Waals surface area contributed by atoms with Crippen molar-refractivity contribution in [3.8, 4) is 0 Å². The van der Waals surface area contributed by atoms with Gasteiger partial charge in [0.05, 0.1) is 6.54 Å². The molecule has 26 heavy (non-hydrogen) atoms. The van der Waals surface area contributed by atoms with E-state index in [4.69, 9.17) is 5.11 Å². The average molecular weight is 418 g/mol. The van der Waals surface area contributed by atoms with E-state index in [-0.39, 0.29) is 5.69 Å². The maximum Gasteiger partial charge on any atom is 0.354 e. The Kier molecular flexibility index (Phi) is 5.17. The predicted molar refractivity (Wildman–Crippen MR) is 98.0 cm³/mol. The van der Waals surface area contributed by atoms with Crippen LogP contribution in [0.5, 0.6) is 0 Å². The Morgan fingerprint density at radius 3 is 2.65 bits per heavy atom. The van der Waals surface area contributed by atoms with Gasteiger partial charge in [-0.1, -0.05) is 28.1 Å². The fraction of sp³-hybridized carbons (Fsp3) is 0.176. The highest BCUT2D eigenvalue weighted by Crippen LogP contribution is 2.14. The Morgan fingerprint density at radius 1 is 1.23 bits per heavy atom. The van der Waals surface area contributed by atoms with Crippen LogP contribution in [0.3, 0.4) is 0 Å². The topological polar surface area (TPSA) is 102 Å². The van der Waals surface area contributed by atoms with E-state index in [0.717, 1.165) is 14.7 Å². The molecule has 0 aliphatic heterocycles. The Bertz CT molecular complexity index is 932. The average Bonchev–Trinajstić information content (AvgIpc) is 3.25. The molecule has 0 spiro atoms. The number of rotatable bonds is 6. The largest absolute Gasteiger partial charge is 0.477 e. The number of carbonyl (C=O) groups is 2. The normalized spacial score (nSPS) is 11.9. The molecule has 2 N–H and O–H groups in total. The van der Waals surface area contributed by atoms with Crippen molar-refractivity contribution < 1.29 is 14.7 Å². The fourth-order valence-electron chi connectivity index (χ4n) is 2.43. The second-order valence-corrected chi connectivity index (χ2v) is 6.57. The van der Waals surface area contributed by atoms with Crippen LogP contribution >= 0.6 is 15.9 Å². The second kappa shape index (κ2) is 7.52. The van der Waals surface area contributed by atoms with Gasteiger partial charge in [0, 0.05) is 22.9 Å². The SMILES string of the molecule is CC(C(=O)Nc1ccn(Cc2ccc(Br)cc2)n1)n1nccc1C(=O)O. The third-order valence-corrected chi connectivity index (χ3v) is 4.31. The predicted octanol–water partition coefficient (Wildman–Crippen LogP) is 2.79. The van der Waals surface area contributed by atoms with E-state index in [1.807, 2.05) is 24.3 Å². The summed E-state index contributed by atoms with van der Waals surface area (Å²) in [7, 11) is 0. The first kappa shape index (κ1) is 17.9. The summed E-state index contributed by atoms with van der Waals surface area (Å²) < 4.78 is 3.87. The first-order valence-electron chi connectivity index (χ1n) is 7.79. The van der Waals surface area contributed by atoms with Crippen molar-refractivity contribution in [3.63, 3.8) is 0 Å². The molecule has 1 aromatic carbocycles. The van der Waals surface area contributed by atoms with Crippen molar-refractivity contribution in [2.75, 3.05) is 5.32 Å². The van der Waals surface area contributed by atoms with E-state index in [1.54, 1.807) is 23.9 Å². The number of aromatic carboxylic acids is 1. The second-order valence-electron chi connectivity index (χ2n) is 5.66. The number of hydrogen-bond donors (Lipinski definition) is 2. The molecule has 0 radical (unpaired) electrons. The number of benzene rings is 1. The molecular formula is C17H16BrN5O3. The Labute approximate surface area is 157 Å². The molecule has 1 amide bonds. The highest BCUT2D eigenvalue weighted by molar-refractivity contribution is 9.10. The number of hydrogen-bond acceptors (Lipinski definition) is 4. The summed E-state index contributed by atoms with van der Waals surface area (Å²) in [5.41, 5.74) is 1.03. The van der Waals surface area contributed by atoms with Gasteiger partial charge in [0.2, 0.25) is 5.91 Å².